The van der Waals surface area contributed by atoms with Crippen molar-refractivity contribution in [2.24, 2.45) is 11.8 Å². The van der Waals surface area contributed by atoms with Crippen molar-refractivity contribution in [1.82, 2.24) is 0 Å². The molecule has 0 aromatic carbocycles. The van der Waals surface area contributed by atoms with Crippen LogP contribution in [0.2, 0.25) is 0 Å². The Bertz CT molecular complexity index is 163. The summed E-state index contributed by atoms with van der Waals surface area (Å²) < 4.78 is 0. The van der Waals surface area contributed by atoms with Gasteiger partial charge in [-0.15, -0.1) is 0 Å². The second-order valence-electron chi connectivity index (χ2n) is 4.54. The Labute approximate surface area is 81.9 Å². The fourth-order valence-electron chi connectivity index (χ4n) is 2.40. The van der Waals surface area contributed by atoms with Gasteiger partial charge in [-0.2, -0.15) is 0 Å². The van der Waals surface area contributed by atoms with Gasteiger partial charge < -0.3 is 0 Å². The van der Waals surface area contributed by atoms with Crippen LogP contribution in [0, 0.1) is 11.8 Å². The third-order valence-corrected chi connectivity index (χ3v) is 3.15. The summed E-state index contributed by atoms with van der Waals surface area (Å²) in [5, 5.41) is 0. The van der Waals surface area contributed by atoms with Crippen LogP contribution in [0.5, 0.6) is 0 Å². The van der Waals surface area contributed by atoms with Crippen molar-refractivity contribution in [3.63, 3.8) is 0 Å². The van der Waals surface area contributed by atoms with E-state index in [1.165, 1.54) is 19.3 Å². The van der Waals surface area contributed by atoms with Gasteiger partial charge in [-0.3, -0.25) is 4.79 Å². The normalized spacial score (nSPS) is 26.0. The number of ketones is 1. The van der Waals surface area contributed by atoms with E-state index >= 15 is 0 Å². The molecule has 0 aliphatic heterocycles. The van der Waals surface area contributed by atoms with Gasteiger partial charge in [0.25, 0.3) is 0 Å². The van der Waals surface area contributed by atoms with Crippen molar-refractivity contribution in [2.45, 2.75) is 58.8 Å². The Balaban J connectivity index is 2.29. The zero-order chi connectivity index (χ0) is 9.68. The molecule has 0 radical (unpaired) electrons. The number of carbonyl (C=O) groups excluding carboxylic acids is 1. The van der Waals surface area contributed by atoms with Gasteiger partial charge in [-0.05, 0) is 25.2 Å². The third kappa shape index (κ3) is 3.50. The fourth-order valence-corrected chi connectivity index (χ4v) is 2.40. The topological polar surface area (TPSA) is 17.1 Å². The summed E-state index contributed by atoms with van der Waals surface area (Å²) in [6.45, 7) is 4.50. The van der Waals surface area contributed by atoms with Crippen LogP contribution >= 0.6 is 0 Å². The summed E-state index contributed by atoms with van der Waals surface area (Å²) in [4.78, 5) is 11.5. The van der Waals surface area contributed by atoms with Gasteiger partial charge >= 0.3 is 0 Å². The van der Waals surface area contributed by atoms with Gasteiger partial charge in [0.2, 0.25) is 0 Å². The highest BCUT2D eigenvalue weighted by molar-refractivity contribution is 5.81. The molecule has 0 saturated heterocycles. The molecule has 1 nitrogen and oxygen atoms in total. The van der Waals surface area contributed by atoms with Crippen molar-refractivity contribution in [3.8, 4) is 0 Å². The lowest BCUT2D eigenvalue weighted by molar-refractivity contribution is -0.125. The summed E-state index contributed by atoms with van der Waals surface area (Å²) in [5.74, 6) is 1.70. The van der Waals surface area contributed by atoms with Gasteiger partial charge in [0.15, 0.2) is 0 Å². The van der Waals surface area contributed by atoms with Crippen LogP contribution in [-0.4, -0.2) is 5.78 Å². The fraction of sp³-hybridized carbons (Fsp3) is 0.917. The van der Waals surface area contributed by atoms with E-state index in [0.717, 1.165) is 31.6 Å². The second-order valence-corrected chi connectivity index (χ2v) is 4.54. The SMILES string of the molecule is CCC[C@H](C)C[C@H]1CCCCC1=O. The summed E-state index contributed by atoms with van der Waals surface area (Å²) in [6.07, 6.45) is 8.10. The lowest BCUT2D eigenvalue weighted by Crippen LogP contribution is -2.21. The van der Waals surface area contributed by atoms with Crippen LogP contribution in [0.15, 0.2) is 0 Å². The predicted molar refractivity (Wildman–Crippen MR) is 55.7 cm³/mol. The molecule has 76 valence electrons. The van der Waals surface area contributed by atoms with Crippen LogP contribution in [0.1, 0.15) is 58.8 Å². The predicted octanol–water partition coefficient (Wildman–Crippen LogP) is 3.57. The number of hydrogen-bond donors (Lipinski definition) is 0. The van der Waals surface area contributed by atoms with E-state index in [4.69, 9.17) is 0 Å². The Kier molecular flexibility index (Phi) is 4.47. The molecule has 1 aliphatic carbocycles. The summed E-state index contributed by atoms with van der Waals surface area (Å²) in [7, 11) is 0. The van der Waals surface area contributed by atoms with E-state index in [1.807, 2.05) is 0 Å². The highest BCUT2D eigenvalue weighted by atomic mass is 16.1. The molecule has 0 N–H and O–H groups in total. The van der Waals surface area contributed by atoms with Crippen LogP contribution < -0.4 is 0 Å². The number of carbonyl (C=O) groups is 1. The molecule has 13 heavy (non-hydrogen) atoms. The molecule has 0 amide bonds. The molecule has 2 atom stereocenters. The zero-order valence-corrected chi connectivity index (χ0v) is 9.01. The molecule has 0 spiro atoms. The number of Topliss-reactive ketones (excluding diaryl/α,β-unsaturated/α-hetero) is 1. The highest BCUT2D eigenvalue weighted by Gasteiger charge is 2.23. The average Bonchev–Trinajstić information content (AvgIpc) is 2.09. The smallest absolute Gasteiger partial charge is 0.135 e. The molecule has 0 aromatic rings. The molecule has 0 unspecified atom stereocenters. The Hall–Kier alpha value is -0.330. The van der Waals surface area contributed by atoms with E-state index in [0.29, 0.717) is 11.7 Å². The van der Waals surface area contributed by atoms with Gasteiger partial charge in [-0.25, -0.2) is 0 Å². The monoisotopic (exact) mass is 182 g/mol. The maximum Gasteiger partial charge on any atom is 0.135 e. The molecule has 0 aromatic heterocycles. The number of hydrogen-bond acceptors (Lipinski definition) is 1. The molecule has 1 aliphatic rings. The first-order valence-electron chi connectivity index (χ1n) is 5.76. The van der Waals surface area contributed by atoms with Crippen molar-refractivity contribution in [3.05, 3.63) is 0 Å². The molecule has 1 fully saturated rings. The molecule has 1 rings (SSSR count). The molecule has 0 heterocycles. The van der Waals surface area contributed by atoms with E-state index in [1.54, 1.807) is 0 Å². The van der Waals surface area contributed by atoms with Gasteiger partial charge in [0.05, 0.1) is 0 Å². The minimum absolute atomic E-state index is 0.412. The second kappa shape index (κ2) is 5.41. The Morgan fingerprint density at radius 3 is 2.85 bits per heavy atom. The van der Waals surface area contributed by atoms with E-state index in [2.05, 4.69) is 13.8 Å². The van der Waals surface area contributed by atoms with Crippen LogP contribution in [0.25, 0.3) is 0 Å². The molecular formula is C12H22O. The Morgan fingerprint density at radius 2 is 2.23 bits per heavy atom. The summed E-state index contributed by atoms with van der Waals surface area (Å²) in [6, 6.07) is 0. The lowest BCUT2D eigenvalue weighted by Gasteiger charge is -2.23. The van der Waals surface area contributed by atoms with Gasteiger partial charge in [0, 0.05) is 12.3 Å². The maximum atomic E-state index is 11.5. The van der Waals surface area contributed by atoms with Crippen LogP contribution in [0.4, 0.5) is 0 Å². The van der Waals surface area contributed by atoms with Crippen LogP contribution in [0.3, 0.4) is 0 Å². The van der Waals surface area contributed by atoms with Crippen molar-refractivity contribution >= 4 is 5.78 Å². The van der Waals surface area contributed by atoms with E-state index in [9.17, 15) is 4.79 Å². The lowest BCUT2D eigenvalue weighted by atomic mass is 9.81. The molecule has 0 bridgehead atoms. The highest BCUT2D eigenvalue weighted by Crippen LogP contribution is 2.27. The van der Waals surface area contributed by atoms with Crippen molar-refractivity contribution in [1.29, 1.82) is 0 Å². The first-order valence-corrected chi connectivity index (χ1v) is 5.76. The van der Waals surface area contributed by atoms with Gasteiger partial charge in [-0.1, -0.05) is 33.1 Å². The molecule has 1 saturated carbocycles. The number of rotatable bonds is 4. The standard InChI is InChI=1S/C12H22O/c1-3-6-10(2)9-11-7-4-5-8-12(11)13/h10-11H,3-9H2,1-2H3/t10-,11+/m0/s1. The van der Waals surface area contributed by atoms with E-state index < -0.39 is 0 Å². The minimum atomic E-state index is 0.412. The average molecular weight is 182 g/mol. The van der Waals surface area contributed by atoms with Crippen molar-refractivity contribution in [2.75, 3.05) is 0 Å². The quantitative estimate of drug-likeness (QED) is 0.649. The first-order chi connectivity index (χ1) is 6.24. The molecule has 1 heteroatoms. The minimum Gasteiger partial charge on any atom is -0.299 e. The third-order valence-electron chi connectivity index (χ3n) is 3.15. The zero-order valence-electron chi connectivity index (χ0n) is 9.01. The summed E-state index contributed by atoms with van der Waals surface area (Å²) >= 11 is 0. The Morgan fingerprint density at radius 1 is 1.46 bits per heavy atom. The largest absolute Gasteiger partial charge is 0.299 e. The maximum absolute atomic E-state index is 11.5. The molecular weight excluding hydrogens is 160 g/mol. The summed E-state index contributed by atoms with van der Waals surface area (Å²) in [5.41, 5.74) is 0. The van der Waals surface area contributed by atoms with Gasteiger partial charge in [0.1, 0.15) is 5.78 Å². The van der Waals surface area contributed by atoms with E-state index in [-0.39, 0.29) is 0 Å². The first kappa shape index (κ1) is 10.7. The van der Waals surface area contributed by atoms with Crippen LogP contribution in [-0.2, 0) is 4.79 Å². The van der Waals surface area contributed by atoms with Crippen molar-refractivity contribution < 1.29 is 4.79 Å².